The second-order valence-electron chi connectivity index (χ2n) is 6.95. The molecule has 4 N–H and O–H groups in total. The number of hydrogen-bond donors (Lipinski definition) is 3. The number of benzene rings is 2. The van der Waals surface area contributed by atoms with Gasteiger partial charge in [0.15, 0.2) is 5.01 Å². The average molecular weight is 470 g/mol. The molecular weight excluding hydrogens is 456 g/mol. The van der Waals surface area contributed by atoms with E-state index in [0.29, 0.717) is 17.6 Å². The van der Waals surface area contributed by atoms with Crippen molar-refractivity contribution in [2.45, 2.75) is 13.1 Å². The van der Waals surface area contributed by atoms with Crippen molar-refractivity contribution in [3.63, 3.8) is 0 Å². The fourth-order valence-electron chi connectivity index (χ4n) is 3.26. The lowest BCUT2D eigenvalue weighted by molar-refractivity contribution is 0.0964. The first-order valence-corrected chi connectivity index (χ1v) is 11.6. The molecular formula is C19H14N6O5S2. The number of aromatic nitrogens is 3. The third-order valence-electron chi connectivity index (χ3n) is 4.80. The first-order valence-electron chi connectivity index (χ1n) is 9.23. The van der Waals surface area contributed by atoms with Crippen LogP contribution < -0.4 is 15.2 Å². The van der Waals surface area contributed by atoms with E-state index in [0.717, 1.165) is 32.7 Å². The summed E-state index contributed by atoms with van der Waals surface area (Å²) in [6.07, 6.45) is 0. The maximum atomic E-state index is 12.7. The van der Waals surface area contributed by atoms with Crippen LogP contribution in [0.2, 0.25) is 0 Å². The number of ketones is 1. The third-order valence-corrected chi connectivity index (χ3v) is 6.36. The van der Waals surface area contributed by atoms with Gasteiger partial charge in [0.25, 0.3) is 27.8 Å². The summed E-state index contributed by atoms with van der Waals surface area (Å²) in [4.78, 5) is 29.0. The number of rotatable bonds is 6. The van der Waals surface area contributed by atoms with Crippen molar-refractivity contribution in [1.29, 1.82) is 0 Å². The van der Waals surface area contributed by atoms with Crippen LogP contribution in [0.5, 0.6) is 0 Å². The van der Waals surface area contributed by atoms with Gasteiger partial charge in [-0.2, -0.15) is 13.1 Å². The summed E-state index contributed by atoms with van der Waals surface area (Å²) in [5, 5.41) is 15.1. The average Bonchev–Trinajstić information content (AvgIpc) is 3.49. The van der Waals surface area contributed by atoms with E-state index in [9.17, 15) is 18.0 Å². The Hall–Kier alpha value is -3.52. The molecule has 3 heterocycles. The zero-order chi connectivity index (χ0) is 22.5. The van der Waals surface area contributed by atoms with Crippen molar-refractivity contribution in [1.82, 2.24) is 25.2 Å². The Balaban J connectivity index is 1.41. The van der Waals surface area contributed by atoms with Crippen molar-refractivity contribution < 1.29 is 22.4 Å². The molecule has 11 nitrogen and oxygen atoms in total. The number of nitrogens with one attached hydrogen (secondary N) is 2. The van der Waals surface area contributed by atoms with E-state index in [4.69, 9.17) is 9.56 Å². The molecule has 0 aliphatic carbocycles. The number of thiazole rings is 1. The highest BCUT2D eigenvalue weighted by Gasteiger charge is 2.22. The minimum Gasteiger partial charge on any atom is -0.417 e. The quantitative estimate of drug-likeness (QED) is 0.352. The van der Waals surface area contributed by atoms with Gasteiger partial charge in [-0.1, -0.05) is 18.2 Å². The van der Waals surface area contributed by atoms with Crippen LogP contribution in [0.3, 0.4) is 0 Å². The van der Waals surface area contributed by atoms with Crippen molar-refractivity contribution >= 4 is 43.5 Å². The molecule has 162 valence electrons. The lowest BCUT2D eigenvalue weighted by atomic mass is 10.0. The maximum absolute atomic E-state index is 12.7. The molecule has 0 saturated heterocycles. The van der Waals surface area contributed by atoms with Gasteiger partial charge in [-0.05, 0) is 34.9 Å². The van der Waals surface area contributed by atoms with E-state index >= 15 is 0 Å². The van der Waals surface area contributed by atoms with E-state index in [1.54, 1.807) is 6.07 Å². The Morgan fingerprint density at radius 1 is 1.19 bits per heavy atom. The van der Waals surface area contributed by atoms with Crippen molar-refractivity contribution in [3.05, 3.63) is 64.3 Å². The number of carbonyl (C=O) groups is 2. The summed E-state index contributed by atoms with van der Waals surface area (Å²) in [6.45, 7) is 0.199. The van der Waals surface area contributed by atoms with Gasteiger partial charge in [0.2, 0.25) is 5.89 Å². The van der Waals surface area contributed by atoms with Gasteiger partial charge in [-0.25, -0.2) is 10.1 Å². The zero-order valence-electron chi connectivity index (χ0n) is 16.2. The molecule has 4 aromatic rings. The predicted molar refractivity (Wildman–Crippen MR) is 114 cm³/mol. The molecule has 13 heteroatoms. The highest BCUT2D eigenvalue weighted by atomic mass is 32.2. The van der Waals surface area contributed by atoms with Crippen LogP contribution in [-0.2, 0) is 23.3 Å². The Kier molecular flexibility index (Phi) is 4.82. The summed E-state index contributed by atoms with van der Waals surface area (Å²) in [5.41, 5.74) is 4.01. The van der Waals surface area contributed by atoms with E-state index in [2.05, 4.69) is 20.5 Å². The second kappa shape index (κ2) is 7.56. The smallest absolute Gasteiger partial charge is 0.291 e. The van der Waals surface area contributed by atoms with E-state index in [1.165, 1.54) is 0 Å². The largest absolute Gasteiger partial charge is 0.417 e. The van der Waals surface area contributed by atoms with Crippen LogP contribution in [-0.4, -0.2) is 35.3 Å². The highest BCUT2D eigenvalue weighted by Crippen LogP contribution is 2.31. The number of fused-ring (bicyclic) bond motifs is 2. The van der Waals surface area contributed by atoms with Gasteiger partial charge >= 0.3 is 0 Å². The molecule has 5 rings (SSSR count). The molecule has 2 aromatic heterocycles. The van der Waals surface area contributed by atoms with Crippen molar-refractivity contribution in [2.24, 2.45) is 5.14 Å². The summed E-state index contributed by atoms with van der Waals surface area (Å²) in [7, 11) is -3.93. The van der Waals surface area contributed by atoms with Gasteiger partial charge in [0.05, 0.1) is 16.8 Å². The molecule has 0 radical (unpaired) electrons. The van der Waals surface area contributed by atoms with Gasteiger partial charge in [-0.3, -0.25) is 9.59 Å². The van der Waals surface area contributed by atoms with E-state index in [1.807, 2.05) is 35.1 Å². The summed E-state index contributed by atoms with van der Waals surface area (Å²) in [5.74, 6) is -1.07. The lowest BCUT2D eigenvalue weighted by Gasteiger charge is -2.04. The SMILES string of the molecule is NS(=O)(=O)NCc1nnc(C(=O)c2nc3ccc(-c4ccc5c(c4)C(=O)NC5)cc3s2)o1. The van der Waals surface area contributed by atoms with Crippen LogP contribution in [0.15, 0.2) is 40.8 Å². The molecule has 1 aliphatic heterocycles. The normalized spacial score (nSPS) is 13.3. The number of nitrogens with zero attached hydrogens (tertiary/aromatic N) is 3. The predicted octanol–water partition coefficient (Wildman–Crippen LogP) is 1.11. The van der Waals surface area contributed by atoms with Crippen LogP contribution >= 0.6 is 11.3 Å². The molecule has 1 aliphatic rings. The topological polar surface area (TPSA) is 170 Å². The van der Waals surface area contributed by atoms with E-state index < -0.39 is 16.0 Å². The Morgan fingerprint density at radius 2 is 1.97 bits per heavy atom. The van der Waals surface area contributed by atoms with Gasteiger partial charge < -0.3 is 9.73 Å². The van der Waals surface area contributed by atoms with Crippen LogP contribution in [0.25, 0.3) is 21.3 Å². The standard InChI is InChI=1S/C19H14N6O5S2/c20-32(28,29)22-8-15-24-25-18(30-15)16(26)19-23-13-4-3-10(6-14(13)31-19)9-1-2-11-7-21-17(27)12(11)5-9/h1-6,22H,7-8H2,(H,21,27)(H2,20,28,29). The molecule has 0 unspecified atom stereocenters. The number of amides is 1. The third kappa shape index (κ3) is 3.89. The van der Waals surface area contributed by atoms with Crippen LogP contribution in [0.4, 0.5) is 0 Å². The molecule has 0 atom stereocenters. The minimum absolute atomic E-state index is 0.0909. The number of carbonyl (C=O) groups excluding carboxylic acids is 2. The minimum atomic E-state index is -3.93. The molecule has 0 spiro atoms. The molecule has 0 bridgehead atoms. The molecule has 1 amide bonds. The Morgan fingerprint density at radius 3 is 2.78 bits per heavy atom. The summed E-state index contributed by atoms with van der Waals surface area (Å²) < 4.78 is 29.9. The Bertz CT molecular complexity index is 1510. The van der Waals surface area contributed by atoms with Gasteiger partial charge in [-0.15, -0.1) is 21.5 Å². The molecule has 2 aromatic carbocycles. The highest BCUT2D eigenvalue weighted by molar-refractivity contribution is 7.87. The number of nitrogens with two attached hydrogens (primary N) is 1. The Labute approximate surface area is 184 Å². The lowest BCUT2D eigenvalue weighted by Crippen LogP contribution is -2.30. The molecule has 0 fully saturated rings. The van der Waals surface area contributed by atoms with E-state index in [-0.39, 0.29) is 29.2 Å². The van der Waals surface area contributed by atoms with Crippen molar-refractivity contribution in [2.75, 3.05) is 0 Å². The number of hydrogen-bond acceptors (Lipinski definition) is 9. The fourth-order valence-corrected chi connectivity index (χ4v) is 4.53. The van der Waals surface area contributed by atoms with Crippen molar-refractivity contribution in [3.8, 4) is 11.1 Å². The fraction of sp³-hybridized carbons (Fsp3) is 0.105. The molecule has 32 heavy (non-hydrogen) atoms. The first kappa shape index (κ1) is 20.4. The first-order chi connectivity index (χ1) is 15.3. The van der Waals surface area contributed by atoms with Gasteiger partial charge in [0.1, 0.15) is 0 Å². The second-order valence-corrected chi connectivity index (χ2v) is 9.36. The van der Waals surface area contributed by atoms with Crippen LogP contribution in [0, 0.1) is 0 Å². The van der Waals surface area contributed by atoms with Crippen LogP contribution in [0.1, 0.15) is 37.5 Å². The van der Waals surface area contributed by atoms with Gasteiger partial charge in [0, 0.05) is 12.1 Å². The maximum Gasteiger partial charge on any atom is 0.291 e. The summed E-state index contributed by atoms with van der Waals surface area (Å²) in [6, 6.07) is 11.3. The summed E-state index contributed by atoms with van der Waals surface area (Å²) >= 11 is 1.16. The monoisotopic (exact) mass is 470 g/mol. The zero-order valence-corrected chi connectivity index (χ0v) is 17.8. The molecule has 0 saturated carbocycles.